The van der Waals surface area contributed by atoms with Crippen molar-refractivity contribution in [2.45, 2.75) is 16.5 Å². The third-order valence-electron chi connectivity index (χ3n) is 3.31. The minimum Gasteiger partial charge on any atom is -1.00 e. The summed E-state index contributed by atoms with van der Waals surface area (Å²) in [5.41, 5.74) is 2.35. The number of halogens is 1. The summed E-state index contributed by atoms with van der Waals surface area (Å²) in [6.45, 7) is 0.855. The van der Waals surface area contributed by atoms with Crippen LogP contribution >= 0.6 is 11.8 Å². The summed E-state index contributed by atoms with van der Waals surface area (Å²) >= 11 is 1.65. The zero-order valence-corrected chi connectivity index (χ0v) is 13.2. The molecule has 0 fully saturated rings. The number of benzene rings is 1. The predicted molar refractivity (Wildman–Crippen MR) is 81.6 cm³/mol. The van der Waals surface area contributed by atoms with E-state index in [1.165, 1.54) is 10.5 Å². The Morgan fingerprint density at radius 2 is 1.86 bits per heavy atom. The summed E-state index contributed by atoms with van der Waals surface area (Å²) in [6.07, 6.45) is 7.57. The maximum atomic E-state index is 4.34. The zero-order valence-electron chi connectivity index (χ0n) is 11.6. The summed E-state index contributed by atoms with van der Waals surface area (Å²) < 4.78 is 2.16. The molecule has 0 atom stereocenters. The molecule has 0 spiro atoms. The summed E-state index contributed by atoms with van der Waals surface area (Å²) in [5.74, 6) is 0.833. The fraction of sp³-hybridized carbons (Fsp3) is 0.0625. The minimum absolute atomic E-state index is 0. The second-order valence-electron chi connectivity index (χ2n) is 4.82. The molecule has 6 heteroatoms. The highest BCUT2D eigenvalue weighted by Gasteiger charge is 2.18. The average molecular weight is 329 g/mol. The molecule has 0 unspecified atom stereocenters. The Hall–Kier alpha value is -2.11. The lowest BCUT2D eigenvalue weighted by Gasteiger charge is -2.18. The van der Waals surface area contributed by atoms with Gasteiger partial charge in [0, 0.05) is 35.0 Å². The first-order chi connectivity index (χ1) is 10.4. The number of nitrogens with one attached hydrogen (secondary N) is 1. The van der Waals surface area contributed by atoms with E-state index in [1.54, 1.807) is 24.2 Å². The molecule has 3 aromatic rings. The smallest absolute Gasteiger partial charge is 0.173 e. The van der Waals surface area contributed by atoms with E-state index in [-0.39, 0.29) is 12.4 Å². The highest BCUT2D eigenvalue weighted by atomic mass is 35.5. The Bertz CT molecular complexity index is 795. The van der Waals surface area contributed by atoms with Crippen molar-refractivity contribution >= 4 is 23.3 Å². The van der Waals surface area contributed by atoms with Crippen molar-refractivity contribution in [3.8, 4) is 0 Å². The lowest BCUT2D eigenvalue weighted by atomic mass is 10.2. The van der Waals surface area contributed by atoms with Crippen LogP contribution in [0.25, 0.3) is 0 Å². The van der Waals surface area contributed by atoms with E-state index in [9.17, 15) is 0 Å². The maximum absolute atomic E-state index is 4.34. The monoisotopic (exact) mass is 328 g/mol. The first-order valence-corrected chi connectivity index (χ1v) is 7.53. The Balaban J connectivity index is 0.00000144. The van der Waals surface area contributed by atoms with E-state index in [4.69, 9.17) is 0 Å². The van der Waals surface area contributed by atoms with Crippen molar-refractivity contribution < 1.29 is 17.0 Å². The molecule has 2 aromatic heterocycles. The van der Waals surface area contributed by atoms with E-state index in [0.717, 1.165) is 23.1 Å². The van der Waals surface area contributed by atoms with Crippen molar-refractivity contribution in [1.82, 2.24) is 9.97 Å². The van der Waals surface area contributed by atoms with Gasteiger partial charge in [-0.2, -0.15) is 0 Å². The Morgan fingerprint density at radius 3 is 2.73 bits per heavy atom. The highest BCUT2D eigenvalue weighted by Crippen LogP contribution is 2.41. The van der Waals surface area contributed by atoms with E-state index >= 15 is 0 Å². The van der Waals surface area contributed by atoms with Gasteiger partial charge < -0.3 is 17.7 Å². The lowest BCUT2D eigenvalue weighted by Crippen LogP contribution is -3.00. The molecule has 4 nitrogen and oxygen atoms in total. The maximum Gasteiger partial charge on any atom is 0.173 e. The molecular weight excluding hydrogens is 316 g/mol. The van der Waals surface area contributed by atoms with E-state index in [0.29, 0.717) is 0 Å². The van der Waals surface area contributed by atoms with Crippen LogP contribution in [-0.2, 0) is 6.54 Å². The first-order valence-electron chi connectivity index (χ1n) is 6.71. The molecule has 22 heavy (non-hydrogen) atoms. The Kier molecular flexibility index (Phi) is 4.27. The molecule has 0 amide bonds. The normalized spacial score (nSPS) is 11.6. The molecule has 0 radical (unpaired) electrons. The topological polar surface area (TPSA) is 41.7 Å². The largest absolute Gasteiger partial charge is 1.00 e. The number of hydrogen-bond donors (Lipinski definition) is 1. The van der Waals surface area contributed by atoms with E-state index in [2.05, 4.69) is 50.4 Å². The summed E-state index contributed by atoms with van der Waals surface area (Å²) in [5, 5.41) is 4.29. The van der Waals surface area contributed by atoms with Gasteiger partial charge in [-0.15, -0.1) is 0 Å². The summed E-state index contributed by atoms with van der Waals surface area (Å²) in [7, 11) is 0. The molecule has 1 aromatic carbocycles. The van der Waals surface area contributed by atoms with Crippen molar-refractivity contribution in [1.29, 1.82) is 0 Å². The molecule has 0 aliphatic carbocycles. The van der Waals surface area contributed by atoms with Gasteiger partial charge in [-0.1, -0.05) is 23.9 Å². The van der Waals surface area contributed by atoms with Crippen LogP contribution in [0.5, 0.6) is 0 Å². The lowest BCUT2D eigenvalue weighted by molar-refractivity contribution is -0.688. The van der Waals surface area contributed by atoms with Crippen molar-refractivity contribution in [2.24, 2.45) is 0 Å². The van der Waals surface area contributed by atoms with Crippen LogP contribution in [0, 0.1) is 0 Å². The third-order valence-corrected chi connectivity index (χ3v) is 4.38. The standard InChI is InChI=1S/C16H13N4S.ClH/c1-2-8-20(9-3-1)11-12-4-5-14-13(10-12)19-15-16(21-14)18-7-6-17-15;/h1-10H,11H2,(H,17,19);1H/q+1;/p-1. The number of fused-ring (bicyclic) bond motifs is 2. The fourth-order valence-corrected chi connectivity index (χ4v) is 3.21. The number of anilines is 2. The molecule has 1 aliphatic heterocycles. The fourth-order valence-electron chi connectivity index (χ4n) is 2.33. The van der Waals surface area contributed by atoms with Crippen LogP contribution in [0.15, 0.2) is 71.1 Å². The minimum atomic E-state index is 0. The zero-order chi connectivity index (χ0) is 14.1. The molecular formula is C16H13ClN4S. The van der Waals surface area contributed by atoms with Crippen LogP contribution in [0.2, 0.25) is 0 Å². The van der Waals surface area contributed by atoms with Crippen molar-refractivity contribution in [3.63, 3.8) is 0 Å². The summed E-state index contributed by atoms with van der Waals surface area (Å²) in [4.78, 5) is 9.86. The second kappa shape index (κ2) is 6.34. The molecule has 4 rings (SSSR count). The number of nitrogens with zero attached hydrogens (tertiary/aromatic N) is 3. The van der Waals surface area contributed by atoms with Crippen LogP contribution in [0.1, 0.15) is 5.56 Å². The predicted octanol–water partition coefficient (Wildman–Crippen LogP) is 0.0246. The molecule has 3 heterocycles. The first kappa shape index (κ1) is 14.8. The second-order valence-corrected chi connectivity index (χ2v) is 5.85. The average Bonchev–Trinajstić information content (AvgIpc) is 2.54. The van der Waals surface area contributed by atoms with Crippen LogP contribution in [0.4, 0.5) is 11.5 Å². The van der Waals surface area contributed by atoms with Gasteiger partial charge in [0.25, 0.3) is 0 Å². The van der Waals surface area contributed by atoms with Gasteiger partial charge in [0.15, 0.2) is 24.8 Å². The number of pyridine rings is 1. The van der Waals surface area contributed by atoms with E-state index < -0.39 is 0 Å². The third kappa shape index (κ3) is 2.91. The number of aromatic nitrogens is 3. The van der Waals surface area contributed by atoms with Gasteiger partial charge in [-0.3, -0.25) is 0 Å². The Morgan fingerprint density at radius 1 is 1.05 bits per heavy atom. The van der Waals surface area contributed by atoms with Gasteiger partial charge in [-0.25, -0.2) is 14.5 Å². The van der Waals surface area contributed by atoms with Crippen molar-refractivity contribution in [3.05, 3.63) is 66.7 Å². The molecule has 0 saturated carbocycles. The quantitative estimate of drug-likeness (QED) is 0.527. The molecule has 110 valence electrons. The van der Waals surface area contributed by atoms with Gasteiger partial charge in [0.05, 0.1) is 5.69 Å². The molecule has 1 aliphatic rings. The van der Waals surface area contributed by atoms with Gasteiger partial charge >= 0.3 is 0 Å². The Labute approximate surface area is 139 Å². The van der Waals surface area contributed by atoms with Crippen LogP contribution < -0.4 is 22.3 Å². The molecule has 1 N–H and O–H groups in total. The van der Waals surface area contributed by atoms with Gasteiger partial charge in [-0.05, 0) is 12.1 Å². The van der Waals surface area contributed by atoms with Gasteiger partial charge in [0.1, 0.15) is 5.03 Å². The van der Waals surface area contributed by atoms with Crippen molar-refractivity contribution in [2.75, 3.05) is 5.32 Å². The van der Waals surface area contributed by atoms with E-state index in [1.807, 2.05) is 18.2 Å². The molecule has 0 saturated heterocycles. The van der Waals surface area contributed by atoms with Crippen LogP contribution in [0.3, 0.4) is 0 Å². The van der Waals surface area contributed by atoms with Gasteiger partial charge in [0.2, 0.25) is 0 Å². The summed E-state index contributed by atoms with van der Waals surface area (Å²) in [6, 6.07) is 12.6. The van der Waals surface area contributed by atoms with Crippen LogP contribution in [-0.4, -0.2) is 9.97 Å². The number of hydrogen-bond acceptors (Lipinski definition) is 4. The molecule has 0 bridgehead atoms. The number of rotatable bonds is 2. The highest BCUT2D eigenvalue weighted by molar-refractivity contribution is 7.99. The SMILES string of the molecule is [Cl-].c1cc[n+](Cc2ccc3c(c2)Nc2nccnc2S3)cc1.